The standard InChI is InChI=1S/C24H23N4O3P/c1-3-30-32(29,31-4-2)24-15-22-13-20-8-7-18(26-20)11-16-5-6-17(25-16)12-19-9-10-21(27-19)14-23(24)28-22/h5-15,26,28H,3-4H2,1-2H3. The lowest BCUT2D eigenvalue weighted by Crippen LogP contribution is -2.09. The van der Waals surface area contributed by atoms with Gasteiger partial charge in [0.05, 0.1) is 46.8 Å². The van der Waals surface area contributed by atoms with Gasteiger partial charge in [0.25, 0.3) is 0 Å². The predicted molar refractivity (Wildman–Crippen MR) is 129 cm³/mol. The molecule has 5 rings (SSSR count). The average molecular weight is 446 g/mol. The maximum atomic E-state index is 13.6. The van der Waals surface area contributed by atoms with Gasteiger partial charge in [-0.1, -0.05) is 0 Å². The predicted octanol–water partition coefficient (Wildman–Crippen LogP) is 5.55. The highest BCUT2D eigenvalue weighted by Crippen LogP contribution is 2.48. The maximum Gasteiger partial charge on any atom is 0.363 e. The third-order valence-electron chi connectivity index (χ3n) is 5.04. The van der Waals surface area contributed by atoms with E-state index in [1.54, 1.807) is 13.8 Å². The van der Waals surface area contributed by atoms with Crippen molar-refractivity contribution in [1.82, 2.24) is 19.9 Å². The summed E-state index contributed by atoms with van der Waals surface area (Å²) >= 11 is 0. The van der Waals surface area contributed by atoms with E-state index in [9.17, 15) is 4.57 Å². The second-order valence-corrected chi connectivity index (χ2v) is 9.39. The largest absolute Gasteiger partial charge is 0.363 e. The van der Waals surface area contributed by atoms with Gasteiger partial charge in [-0.3, -0.25) is 4.57 Å². The fourth-order valence-electron chi connectivity index (χ4n) is 3.75. The van der Waals surface area contributed by atoms with E-state index in [4.69, 9.17) is 9.05 Å². The Morgan fingerprint density at radius 1 is 0.719 bits per heavy atom. The van der Waals surface area contributed by atoms with Crippen molar-refractivity contribution in [3.63, 3.8) is 0 Å². The molecule has 0 amide bonds. The van der Waals surface area contributed by atoms with Crippen LogP contribution in [-0.2, 0) is 13.6 Å². The van der Waals surface area contributed by atoms with Crippen molar-refractivity contribution in [2.45, 2.75) is 13.8 Å². The normalized spacial score (nSPS) is 13.1. The fourth-order valence-corrected chi connectivity index (χ4v) is 5.49. The van der Waals surface area contributed by atoms with Crippen molar-refractivity contribution in [1.29, 1.82) is 0 Å². The van der Waals surface area contributed by atoms with E-state index < -0.39 is 7.60 Å². The third kappa shape index (κ3) is 4.10. The van der Waals surface area contributed by atoms with Crippen LogP contribution in [-0.4, -0.2) is 33.1 Å². The molecule has 8 heteroatoms. The van der Waals surface area contributed by atoms with Crippen LogP contribution in [0.25, 0.3) is 46.4 Å². The Labute approximate surface area is 185 Å². The molecule has 0 aliphatic carbocycles. The van der Waals surface area contributed by atoms with E-state index in [0.29, 0.717) is 10.8 Å². The van der Waals surface area contributed by atoms with Crippen molar-refractivity contribution >= 4 is 59.3 Å². The van der Waals surface area contributed by atoms with Crippen molar-refractivity contribution < 1.29 is 13.6 Å². The van der Waals surface area contributed by atoms with Gasteiger partial charge < -0.3 is 19.0 Å². The lowest BCUT2D eigenvalue weighted by Gasteiger charge is -2.15. The first-order valence-corrected chi connectivity index (χ1v) is 12.1. The van der Waals surface area contributed by atoms with Crippen LogP contribution >= 0.6 is 7.60 Å². The monoisotopic (exact) mass is 446 g/mol. The van der Waals surface area contributed by atoms with Gasteiger partial charge in [0.15, 0.2) is 0 Å². The molecular formula is C24H23N4O3P. The number of nitrogens with zero attached hydrogens (tertiary/aromatic N) is 2. The molecule has 32 heavy (non-hydrogen) atoms. The molecule has 162 valence electrons. The summed E-state index contributed by atoms with van der Waals surface area (Å²) in [5, 5.41) is 0.491. The number of fused-ring (bicyclic) bond motifs is 8. The van der Waals surface area contributed by atoms with Crippen molar-refractivity contribution in [2.75, 3.05) is 13.2 Å². The van der Waals surface area contributed by atoms with E-state index in [2.05, 4.69) is 19.9 Å². The molecule has 2 aliphatic heterocycles. The summed E-state index contributed by atoms with van der Waals surface area (Å²) < 4.78 is 24.8. The summed E-state index contributed by atoms with van der Waals surface area (Å²) in [7, 11) is -3.50. The molecule has 0 saturated heterocycles. The van der Waals surface area contributed by atoms with E-state index in [-0.39, 0.29) is 13.2 Å². The second-order valence-electron chi connectivity index (χ2n) is 7.39. The molecule has 8 bridgehead atoms. The smallest absolute Gasteiger partial charge is 0.355 e. The summed E-state index contributed by atoms with van der Waals surface area (Å²) in [5.74, 6) is 0. The van der Waals surface area contributed by atoms with E-state index in [0.717, 1.165) is 39.3 Å². The van der Waals surface area contributed by atoms with E-state index in [1.807, 2.05) is 66.8 Å². The van der Waals surface area contributed by atoms with Gasteiger partial charge in [-0.15, -0.1) is 0 Å². The maximum absolute atomic E-state index is 13.6. The molecule has 2 N–H and O–H groups in total. The number of aromatic amines is 2. The molecule has 5 heterocycles. The SMILES string of the molecule is CCOP(=O)(OCC)c1cc2cc3ccc(cc4nc(cc5nc(cc1[nH]2)C=C5)C=C4)[nH]3. The molecular weight excluding hydrogens is 423 g/mol. The molecule has 0 radical (unpaired) electrons. The Morgan fingerprint density at radius 3 is 1.91 bits per heavy atom. The summed E-state index contributed by atoms with van der Waals surface area (Å²) in [6, 6.07) is 13.5. The lowest BCUT2D eigenvalue weighted by atomic mass is 10.3. The highest BCUT2D eigenvalue weighted by atomic mass is 31.2. The molecule has 0 fully saturated rings. The van der Waals surface area contributed by atoms with E-state index >= 15 is 0 Å². The van der Waals surface area contributed by atoms with Gasteiger partial charge in [0, 0.05) is 16.6 Å². The van der Waals surface area contributed by atoms with Crippen LogP contribution in [0.4, 0.5) is 0 Å². The van der Waals surface area contributed by atoms with Crippen LogP contribution in [0, 0.1) is 0 Å². The van der Waals surface area contributed by atoms with Crippen LogP contribution in [0.1, 0.15) is 36.6 Å². The molecule has 2 aliphatic rings. The minimum absolute atomic E-state index is 0.277. The van der Waals surface area contributed by atoms with Gasteiger partial charge >= 0.3 is 7.60 Å². The molecule has 7 nitrogen and oxygen atoms in total. The molecule has 0 saturated carbocycles. The zero-order chi connectivity index (χ0) is 22.1. The number of nitrogens with one attached hydrogen (secondary N) is 2. The minimum Gasteiger partial charge on any atom is -0.355 e. The highest BCUT2D eigenvalue weighted by Gasteiger charge is 2.29. The first kappa shape index (κ1) is 20.6. The van der Waals surface area contributed by atoms with Gasteiger partial charge in [0.2, 0.25) is 0 Å². The van der Waals surface area contributed by atoms with Gasteiger partial charge in [0.1, 0.15) is 0 Å². The number of aromatic nitrogens is 4. The highest BCUT2D eigenvalue weighted by molar-refractivity contribution is 7.62. The summed E-state index contributed by atoms with van der Waals surface area (Å²) in [4.78, 5) is 16.0. The average Bonchev–Trinajstić information content (AvgIpc) is 3.53. The lowest BCUT2D eigenvalue weighted by molar-refractivity contribution is 0.230. The van der Waals surface area contributed by atoms with Crippen LogP contribution in [0.5, 0.6) is 0 Å². The number of hydrogen-bond donors (Lipinski definition) is 2. The van der Waals surface area contributed by atoms with Crippen molar-refractivity contribution in [2.24, 2.45) is 0 Å². The summed E-state index contributed by atoms with van der Waals surface area (Å²) in [6.07, 6.45) is 7.79. The Morgan fingerprint density at radius 2 is 1.28 bits per heavy atom. The Balaban J connectivity index is 1.82. The summed E-state index contributed by atoms with van der Waals surface area (Å²) in [6.45, 7) is 4.16. The molecule has 0 aromatic carbocycles. The van der Waals surface area contributed by atoms with Crippen molar-refractivity contribution in [3.8, 4) is 0 Å². The van der Waals surface area contributed by atoms with Crippen LogP contribution < -0.4 is 5.30 Å². The zero-order valence-corrected chi connectivity index (χ0v) is 18.7. The molecule has 0 atom stereocenters. The Kier molecular flexibility index (Phi) is 5.39. The quantitative estimate of drug-likeness (QED) is 0.346. The Hall–Kier alpha value is -3.25. The van der Waals surface area contributed by atoms with Crippen LogP contribution in [0.3, 0.4) is 0 Å². The first-order valence-electron chi connectivity index (χ1n) is 10.5. The van der Waals surface area contributed by atoms with Gasteiger partial charge in [-0.2, -0.15) is 0 Å². The topological polar surface area (TPSA) is 92.9 Å². The Bertz CT molecular complexity index is 1440. The van der Waals surface area contributed by atoms with Gasteiger partial charge in [-0.25, -0.2) is 9.97 Å². The molecule has 0 spiro atoms. The second kappa shape index (κ2) is 8.36. The number of H-pyrrole nitrogens is 2. The zero-order valence-electron chi connectivity index (χ0n) is 17.8. The number of rotatable bonds is 5. The molecule has 3 aromatic rings. The van der Waals surface area contributed by atoms with Crippen LogP contribution in [0.15, 0.2) is 42.5 Å². The van der Waals surface area contributed by atoms with Gasteiger partial charge in [-0.05, 0) is 80.6 Å². The molecule has 3 aromatic heterocycles. The third-order valence-corrected chi connectivity index (χ3v) is 7.20. The summed E-state index contributed by atoms with van der Waals surface area (Å²) in [5.41, 5.74) is 6.50. The first-order chi connectivity index (χ1) is 15.5. The molecule has 0 unspecified atom stereocenters. The fraction of sp³-hybridized carbons (Fsp3) is 0.167. The van der Waals surface area contributed by atoms with Crippen LogP contribution in [0.2, 0.25) is 0 Å². The van der Waals surface area contributed by atoms with Crippen molar-refractivity contribution in [3.05, 3.63) is 65.2 Å². The minimum atomic E-state index is -3.50. The van der Waals surface area contributed by atoms with E-state index in [1.165, 1.54) is 0 Å². The number of hydrogen-bond acceptors (Lipinski definition) is 5.